The molecule has 2 saturated heterocycles. The maximum Gasteiger partial charge on any atom is 0.217 e. The lowest BCUT2D eigenvalue weighted by Gasteiger charge is -2.48. The molecule has 0 spiro atoms. The number of aliphatic hydroxyl groups is 4. The van der Waals surface area contributed by atoms with Crippen LogP contribution >= 0.6 is 0 Å². The third-order valence-electron chi connectivity index (χ3n) is 5.30. The van der Waals surface area contributed by atoms with Crippen molar-refractivity contribution in [1.82, 2.24) is 10.6 Å². The summed E-state index contributed by atoms with van der Waals surface area (Å²) in [6, 6.07) is -1.93. The minimum absolute atomic E-state index is 0.389. The van der Waals surface area contributed by atoms with E-state index in [2.05, 4.69) is 10.6 Å². The normalized spacial score (nSPS) is 41.9. The number of carbonyl (C=O) groups excluding carboxylic acids is 2. The highest BCUT2D eigenvalue weighted by Gasteiger charge is 2.51. The second-order valence-electron chi connectivity index (χ2n) is 7.52. The Hall–Kier alpha value is -1.38. The molecule has 0 bridgehead atoms. The zero-order chi connectivity index (χ0) is 22.6. The maximum absolute atomic E-state index is 11.7. The number of nitrogens with one attached hydrogen (secondary N) is 2. The molecular weight excluding hydrogens is 404 g/mol. The lowest BCUT2D eigenvalue weighted by Crippen LogP contribution is -2.69. The monoisotopic (exact) mass is 436 g/mol. The Bertz CT molecular complexity index is 593. The molecule has 4 unspecified atom stereocenters. The van der Waals surface area contributed by atoms with Crippen LogP contribution < -0.4 is 10.6 Å². The summed E-state index contributed by atoms with van der Waals surface area (Å²) >= 11 is 0. The average molecular weight is 436 g/mol. The van der Waals surface area contributed by atoms with E-state index in [-0.39, 0.29) is 5.91 Å². The van der Waals surface area contributed by atoms with Crippen molar-refractivity contribution in [3.8, 4) is 0 Å². The van der Waals surface area contributed by atoms with Crippen LogP contribution in [-0.4, -0.2) is 114 Å². The molecule has 2 heterocycles. The number of rotatable bonds is 7. The number of aliphatic hydroxyl groups excluding tert-OH is 4. The Labute approximate surface area is 174 Å². The van der Waals surface area contributed by atoms with Gasteiger partial charge in [-0.1, -0.05) is 0 Å². The summed E-state index contributed by atoms with van der Waals surface area (Å²) in [5, 5.41) is 45.9. The SMILES string of the molecule is CO[C@@H]1C(CO)O[C@@H](O[C@H]2C(O)C(NC(C)=O)[C@H](C)O[C@H]2CO)C(NC(C)=O)[C@H]1O. The topological polar surface area (TPSA) is 176 Å². The fourth-order valence-electron chi connectivity index (χ4n) is 3.91. The van der Waals surface area contributed by atoms with E-state index in [4.69, 9.17) is 18.9 Å². The van der Waals surface area contributed by atoms with Crippen molar-refractivity contribution in [2.75, 3.05) is 20.3 Å². The smallest absolute Gasteiger partial charge is 0.217 e. The first-order valence-electron chi connectivity index (χ1n) is 9.75. The van der Waals surface area contributed by atoms with E-state index >= 15 is 0 Å². The Morgan fingerprint density at radius 2 is 1.40 bits per heavy atom. The molecule has 174 valence electrons. The van der Waals surface area contributed by atoms with Crippen molar-refractivity contribution in [3.05, 3.63) is 0 Å². The molecule has 10 atom stereocenters. The number of methoxy groups -OCH3 is 1. The van der Waals surface area contributed by atoms with Gasteiger partial charge in [-0.2, -0.15) is 0 Å². The first-order chi connectivity index (χ1) is 14.1. The molecule has 0 aromatic rings. The van der Waals surface area contributed by atoms with E-state index in [0.717, 1.165) is 0 Å². The molecule has 0 saturated carbocycles. The number of carbonyl (C=O) groups is 2. The molecule has 12 heteroatoms. The minimum atomic E-state index is -1.31. The van der Waals surface area contributed by atoms with Gasteiger partial charge >= 0.3 is 0 Å². The highest BCUT2D eigenvalue weighted by Crippen LogP contribution is 2.30. The van der Waals surface area contributed by atoms with Gasteiger partial charge in [-0.05, 0) is 6.92 Å². The van der Waals surface area contributed by atoms with Crippen LogP contribution in [0.3, 0.4) is 0 Å². The zero-order valence-electron chi connectivity index (χ0n) is 17.4. The molecule has 2 amide bonds. The summed E-state index contributed by atoms with van der Waals surface area (Å²) in [6.07, 6.45) is -8.57. The standard InChI is InChI=1S/C18H32N2O10/c1-7-12(19-8(2)23)14(25)17(11(6-22)28-7)30-18-13(20-9(3)24)15(26)16(27-4)10(5-21)29-18/h7,10-18,21-22,25-26H,5-6H2,1-4H3,(H,19,23)(H,20,24)/t7-,10?,11-,12?,13?,14?,15+,16+,17+,18-/m0/s1. The van der Waals surface area contributed by atoms with Crippen LogP contribution in [0.5, 0.6) is 0 Å². The van der Waals surface area contributed by atoms with Crippen molar-refractivity contribution in [1.29, 1.82) is 0 Å². The summed E-state index contributed by atoms with van der Waals surface area (Å²) in [4.78, 5) is 23.2. The van der Waals surface area contributed by atoms with E-state index in [1.165, 1.54) is 21.0 Å². The van der Waals surface area contributed by atoms with Gasteiger partial charge < -0.3 is 50.0 Å². The minimum Gasteiger partial charge on any atom is -0.394 e. The van der Waals surface area contributed by atoms with Crippen LogP contribution in [0.4, 0.5) is 0 Å². The van der Waals surface area contributed by atoms with Gasteiger partial charge in [-0.25, -0.2) is 0 Å². The fourth-order valence-corrected chi connectivity index (χ4v) is 3.91. The van der Waals surface area contributed by atoms with Gasteiger partial charge in [-0.15, -0.1) is 0 Å². The summed E-state index contributed by atoms with van der Waals surface area (Å²) in [7, 11) is 1.33. The van der Waals surface area contributed by atoms with E-state index in [9.17, 15) is 30.0 Å². The lowest BCUT2D eigenvalue weighted by molar-refractivity contribution is -0.315. The molecule has 0 aromatic heterocycles. The molecule has 2 fully saturated rings. The highest BCUT2D eigenvalue weighted by molar-refractivity contribution is 5.73. The number of amides is 2. The largest absolute Gasteiger partial charge is 0.394 e. The van der Waals surface area contributed by atoms with Gasteiger partial charge in [-0.3, -0.25) is 9.59 Å². The molecule has 0 aliphatic carbocycles. The van der Waals surface area contributed by atoms with Gasteiger partial charge in [0, 0.05) is 21.0 Å². The van der Waals surface area contributed by atoms with Crippen LogP contribution in [0.25, 0.3) is 0 Å². The van der Waals surface area contributed by atoms with Crippen molar-refractivity contribution < 1.29 is 49.0 Å². The van der Waals surface area contributed by atoms with Gasteiger partial charge in [0.25, 0.3) is 0 Å². The van der Waals surface area contributed by atoms with E-state index in [1.807, 2.05) is 0 Å². The van der Waals surface area contributed by atoms with Gasteiger partial charge in [0.2, 0.25) is 11.8 Å². The molecule has 30 heavy (non-hydrogen) atoms. The lowest BCUT2D eigenvalue weighted by atomic mass is 9.92. The summed E-state index contributed by atoms with van der Waals surface area (Å²) in [5.74, 6) is -0.864. The molecule has 6 N–H and O–H groups in total. The third-order valence-corrected chi connectivity index (χ3v) is 5.30. The van der Waals surface area contributed by atoms with Crippen LogP contribution in [0.1, 0.15) is 20.8 Å². The molecule has 2 rings (SSSR count). The highest BCUT2D eigenvalue weighted by atomic mass is 16.7. The first-order valence-corrected chi connectivity index (χ1v) is 9.75. The fraction of sp³-hybridized carbons (Fsp3) is 0.889. The molecule has 12 nitrogen and oxygen atoms in total. The van der Waals surface area contributed by atoms with Crippen molar-refractivity contribution in [2.45, 2.75) is 81.9 Å². The molecule has 2 aliphatic rings. The molecule has 0 aromatic carbocycles. The Morgan fingerprint density at radius 3 is 1.90 bits per heavy atom. The first kappa shape index (κ1) is 24.9. The number of hydrogen-bond acceptors (Lipinski definition) is 10. The van der Waals surface area contributed by atoms with E-state index in [1.54, 1.807) is 6.92 Å². The van der Waals surface area contributed by atoms with Crippen LogP contribution in [-0.2, 0) is 28.5 Å². The Kier molecular flexibility index (Phi) is 8.94. The van der Waals surface area contributed by atoms with Gasteiger partial charge in [0.1, 0.15) is 42.7 Å². The van der Waals surface area contributed by atoms with Crippen LogP contribution in [0, 0.1) is 0 Å². The van der Waals surface area contributed by atoms with Gasteiger partial charge in [0.05, 0.1) is 25.4 Å². The quantitative estimate of drug-likeness (QED) is 0.236. The second-order valence-corrected chi connectivity index (χ2v) is 7.52. The molecule has 0 radical (unpaired) electrons. The Morgan fingerprint density at radius 1 is 0.900 bits per heavy atom. The summed E-state index contributed by atoms with van der Waals surface area (Å²) in [5.41, 5.74) is 0. The second kappa shape index (κ2) is 10.8. The summed E-state index contributed by atoms with van der Waals surface area (Å²) < 4.78 is 22.4. The van der Waals surface area contributed by atoms with Crippen molar-refractivity contribution >= 4 is 11.8 Å². The third kappa shape index (κ3) is 5.45. The zero-order valence-corrected chi connectivity index (χ0v) is 17.4. The van der Waals surface area contributed by atoms with Crippen LogP contribution in [0.15, 0.2) is 0 Å². The predicted octanol–water partition coefficient (Wildman–Crippen LogP) is -3.39. The van der Waals surface area contributed by atoms with E-state index < -0.39 is 80.2 Å². The van der Waals surface area contributed by atoms with Crippen molar-refractivity contribution in [3.63, 3.8) is 0 Å². The van der Waals surface area contributed by atoms with Gasteiger partial charge in [0.15, 0.2) is 6.29 Å². The molecule has 2 aliphatic heterocycles. The maximum atomic E-state index is 11.7. The number of ether oxygens (including phenoxy) is 4. The number of hydrogen-bond donors (Lipinski definition) is 6. The summed E-state index contributed by atoms with van der Waals surface area (Å²) in [6.45, 7) is 3.17. The predicted molar refractivity (Wildman–Crippen MR) is 100 cm³/mol. The molecular formula is C18H32N2O10. The van der Waals surface area contributed by atoms with E-state index in [0.29, 0.717) is 0 Å². The Balaban J connectivity index is 2.28. The average Bonchev–Trinajstić information content (AvgIpc) is 2.68. The van der Waals surface area contributed by atoms with Crippen molar-refractivity contribution in [2.24, 2.45) is 0 Å². The van der Waals surface area contributed by atoms with Crippen LogP contribution in [0.2, 0.25) is 0 Å².